The normalized spacial score (nSPS) is 31.8. The van der Waals surface area contributed by atoms with Crippen LogP contribution in [0, 0.1) is 5.92 Å². The van der Waals surface area contributed by atoms with Gasteiger partial charge in [0, 0.05) is 6.04 Å². The number of likely N-dealkylation sites (N-methyl/N-ethyl adjacent to an activating group) is 1. The molecule has 1 heterocycles. The molecule has 0 aromatic heterocycles. The Kier molecular flexibility index (Phi) is 3.33. The van der Waals surface area contributed by atoms with Gasteiger partial charge in [0.2, 0.25) is 0 Å². The van der Waals surface area contributed by atoms with Crippen LogP contribution in [-0.4, -0.2) is 36.5 Å². The third-order valence-electron chi connectivity index (χ3n) is 2.70. The minimum absolute atomic E-state index is 0.146. The first-order valence-electron chi connectivity index (χ1n) is 4.99. The number of aliphatic hydroxyl groups is 1. The summed E-state index contributed by atoms with van der Waals surface area (Å²) in [6.45, 7) is 6.97. The van der Waals surface area contributed by atoms with E-state index in [4.69, 9.17) is 4.74 Å². The molecule has 3 nitrogen and oxygen atoms in total. The largest absolute Gasteiger partial charge is 0.388 e. The predicted molar refractivity (Wildman–Crippen MR) is 52.7 cm³/mol. The highest BCUT2D eigenvalue weighted by molar-refractivity contribution is 4.99. The topological polar surface area (TPSA) is 44.8 Å². The first kappa shape index (κ1) is 11.0. The molecule has 0 amide bonds. The highest BCUT2D eigenvalue weighted by Gasteiger charge is 2.49. The summed E-state index contributed by atoms with van der Waals surface area (Å²) in [6.07, 6.45) is 0.594. The maximum atomic E-state index is 9.97. The Morgan fingerprint density at radius 3 is 2.38 bits per heavy atom. The van der Waals surface area contributed by atoms with Crippen molar-refractivity contribution in [2.24, 2.45) is 5.92 Å². The second-order valence-electron chi connectivity index (χ2n) is 4.57. The van der Waals surface area contributed by atoms with Gasteiger partial charge in [-0.25, -0.2) is 0 Å². The molecule has 78 valence electrons. The molecule has 3 atom stereocenters. The van der Waals surface area contributed by atoms with Gasteiger partial charge in [0.15, 0.2) is 0 Å². The molecule has 0 aromatic carbocycles. The van der Waals surface area contributed by atoms with Gasteiger partial charge in [-0.2, -0.15) is 0 Å². The molecule has 0 unspecified atom stereocenters. The van der Waals surface area contributed by atoms with Gasteiger partial charge in [0.1, 0.15) is 11.7 Å². The lowest BCUT2D eigenvalue weighted by molar-refractivity contribution is 0.0469. The Hall–Kier alpha value is -0.120. The van der Waals surface area contributed by atoms with Gasteiger partial charge in [-0.05, 0) is 26.3 Å². The fourth-order valence-corrected chi connectivity index (χ4v) is 1.62. The Balaban J connectivity index is 2.45. The Bertz CT molecular complexity index is 166. The second kappa shape index (κ2) is 3.95. The number of nitrogens with one attached hydrogen (secondary N) is 1. The molecule has 0 aromatic rings. The van der Waals surface area contributed by atoms with Crippen molar-refractivity contribution in [3.63, 3.8) is 0 Å². The molecule has 3 heteroatoms. The van der Waals surface area contributed by atoms with Gasteiger partial charge < -0.3 is 15.2 Å². The summed E-state index contributed by atoms with van der Waals surface area (Å²) < 4.78 is 5.23. The Morgan fingerprint density at radius 2 is 2.08 bits per heavy atom. The van der Waals surface area contributed by atoms with Crippen molar-refractivity contribution in [3.05, 3.63) is 0 Å². The van der Waals surface area contributed by atoms with Crippen molar-refractivity contribution in [1.82, 2.24) is 5.32 Å². The molecule has 1 aliphatic rings. The van der Waals surface area contributed by atoms with E-state index in [9.17, 15) is 5.11 Å². The van der Waals surface area contributed by atoms with E-state index in [-0.39, 0.29) is 17.7 Å². The summed E-state index contributed by atoms with van der Waals surface area (Å²) in [4.78, 5) is 0. The van der Waals surface area contributed by atoms with E-state index >= 15 is 0 Å². The van der Waals surface area contributed by atoms with Gasteiger partial charge in [0.05, 0.1) is 6.61 Å². The Morgan fingerprint density at radius 1 is 1.54 bits per heavy atom. The molecule has 1 aliphatic heterocycles. The lowest BCUT2D eigenvalue weighted by atomic mass is 9.92. The van der Waals surface area contributed by atoms with E-state index in [1.807, 2.05) is 14.0 Å². The average molecular weight is 187 g/mol. The van der Waals surface area contributed by atoms with Crippen LogP contribution in [0.2, 0.25) is 0 Å². The van der Waals surface area contributed by atoms with Gasteiger partial charge in [-0.3, -0.25) is 0 Å². The molecule has 1 rings (SSSR count). The molecular weight excluding hydrogens is 166 g/mol. The smallest absolute Gasteiger partial charge is 0.116 e. The third-order valence-corrected chi connectivity index (χ3v) is 2.70. The summed E-state index contributed by atoms with van der Waals surface area (Å²) >= 11 is 0. The second-order valence-corrected chi connectivity index (χ2v) is 4.57. The van der Waals surface area contributed by atoms with Crippen molar-refractivity contribution in [3.8, 4) is 0 Å². The van der Waals surface area contributed by atoms with Crippen LogP contribution in [-0.2, 0) is 4.74 Å². The summed E-state index contributed by atoms with van der Waals surface area (Å²) in [5.41, 5.74) is -0.289. The first-order chi connectivity index (χ1) is 5.99. The van der Waals surface area contributed by atoms with Crippen molar-refractivity contribution in [2.75, 3.05) is 13.7 Å². The molecule has 1 saturated heterocycles. The van der Waals surface area contributed by atoms with Crippen molar-refractivity contribution in [1.29, 1.82) is 0 Å². The first-order valence-corrected chi connectivity index (χ1v) is 4.99. The standard InChI is InChI=1S/C10H21NO2/c1-7(2)5-8(11-4)9(12)10(3)6-13-10/h7-9,11-12H,5-6H2,1-4H3/t8-,9-,10+/m0/s1. The zero-order chi connectivity index (χ0) is 10.1. The number of hydrogen-bond acceptors (Lipinski definition) is 3. The zero-order valence-electron chi connectivity index (χ0n) is 9.00. The van der Waals surface area contributed by atoms with Crippen LogP contribution in [0.3, 0.4) is 0 Å². The number of epoxide rings is 1. The minimum atomic E-state index is -0.389. The highest BCUT2D eigenvalue weighted by Crippen LogP contribution is 2.32. The molecule has 0 aliphatic carbocycles. The number of aliphatic hydroxyl groups excluding tert-OH is 1. The maximum Gasteiger partial charge on any atom is 0.116 e. The van der Waals surface area contributed by atoms with Crippen LogP contribution >= 0.6 is 0 Å². The molecule has 0 bridgehead atoms. The molecule has 13 heavy (non-hydrogen) atoms. The summed E-state index contributed by atoms with van der Waals surface area (Å²) in [5.74, 6) is 0.592. The Labute approximate surface area is 80.5 Å². The zero-order valence-corrected chi connectivity index (χ0v) is 9.00. The van der Waals surface area contributed by atoms with Crippen molar-refractivity contribution < 1.29 is 9.84 Å². The quantitative estimate of drug-likeness (QED) is 0.625. The van der Waals surface area contributed by atoms with E-state index in [0.29, 0.717) is 12.5 Å². The van der Waals surface area contributed by atoms with E-state index in [1.54, 1.807) is 0 Å². The average Bonchev–Trinajstić information content (AvgIpc) is 2.79. The van der Waals surface area contributed by atoms with E-state index < -0.39 is 0 Å². The van der Waals surface area contributed by atoms with E-state index in [1.165, 1.54) is 0 Å². The van der Waals surface area contributed by atoms with E-state index in [0.717, 1.165) is 6.42 Å². The minimum Gasteiger partial charge on any atom is -0.388 e. The van der Waals surface area contributed by atoms with Crippen LogP contribution in [0.15, 0.2) is 0 Å². The lowest BCUT2D eigenvalue weighted by Gasteiger charge is -2.26. The van der Waals surface area contributed by atoms with Crippen LogP contribution < -0.4 is 5.32 Å². The predicted octanol–water partition coefficient (Wildman–Crippen LogP) is 0.770. The van der Waals surface area contributed by atoms with Crippen molar-refractivity contribution >= 4 is 0 Å². The van der Waals surface area contributed by atoms with Crippen LogP contribution in [0.1, 0.15) is 27.2 Å². The van der Waals surface area contributed by atoms with Gasteiger partial charge in [-0.15, -0.1) is 0 Å². The van der Waals surface area contributed by atoms with Crippen LogP contribution in [0.25, 0.3) is 0 Å². The van der Waals surface area contributed by atoms with Crippen LogP contribution in [0.5, 0.6) is 0 Å². The number of rotatable bonds is 5. The summed E-state index contributed by atoms with van der Waals surface area (Å²) in [5, 5.41) is 13.1. The molecule has 0 spiro atoms. The lowest BCUT2D eigenvalue weighted by Crippen LogP contribution is -2.46. The molecule has 1 fully saturated rings. The molecule has 2 N–H and O–H groups in total. The van der Waals surface area contributed by atoms with Gasteiger partial charge >= 0.3 is 0 Å². The fraction of sp³-hybridized carbons (Fsp3) is 1.00. The van der Waals surface area contributed by atoms with Crippen LogP contribution in [0.4, 0.5) is 0 Å². The maximum absolute atomic E-state index is 9.97. The van der Waals surface area contributed by atoms with Gasteiger partial charge in [-0.1, -0.05) is 13.8 Å². The number of ether oxygens (including phenoxy) is 1. The van der Waals surface area contributed by atoms with Crippen molar-refractivity contribution in [2.45, 2.75) is 44.9 Å². The monoisotopic (exact) mass is 187 g/mol. The molecule has 0 saturated carbocycles. The van der Waals surface area contributed by atoms with E-state index in [2.05, 4.69) is 19.2 Å². The molecule has 0 radical (unpaired) electrons. The number of hydrogen-bond donors (Lipinski definition) is 2. The summed E-state index contributed by atoms with van der Waals surface area (Å²) in [7, 11) is 1.89. The van der Waals surface area contributed by atoms with Gasteiger partial charge in [0.25, 0.3) is 0 Å². The fourth-order valence-electron chi connectivity index (χ4n) is 1.62. The SMILES string of the molecule is CN[C@@H](CC(C)C)[C@H](O)[C@@]1(C)CO1. The molecular formula is C10H21NO2. The highest BCUT2D eigenvalue weighted by atomic mass is 16.6. The third kappa shape index (κ3) is 2.66. The summed E-state index contributed by atoms with van der Waals surface area (Å²) in [6, 6.07) is 0.146.